The number of hydrogen-bond acceptors (Lipinski definition) is 7. The lowest BCUT2D eigenvalue weighted by Crippen LogP contribution is -2.26. The molecule has 1 aromatic heterocycles. The van der Waals surface area contributed by atoms with Crippen molar-refractivity contribution in [3.8, 4) is 5.88 Å². The van der Waals surface area contributed by atoms with E-state index in [1.807, 2.05) is 0 Å². The second kappa shape index (κ2) is 7.99. The van der Waals surface area contributed by atoms with Gasteiger partial charge in [0.1, 0.15) is 12.6 Å². The Bertz CT molecular complexity index is 688. The van der Waals surface area contributed by atoms with Crippen LogP contribution in [-0.4, -0.2) is 45.5 Å². The number of amides is 1. The third-order valence-corrected chi connectivity index (χ3v) is 6.05. The Labute approximate surface area is 149 Å². The summed E-state index contributed by atoms with van der Waals surface area (Å²) in [6.07, 6.45) is -0.943. The van der Waals surface area contributed by atoms with Crippen molar-refractivity contribution in [2.45, 2.75) is 51.1 Å². The standard InChI is InChI=1S/C14H22F2N3O6P/c1-3-23-26(22,24-4-2)14(15,16)7-9-5-6-10(25-9)19-8-18-11(12(17)20)13(19)21/h8-10,21H,3-7H2,1-2H3,(H2,17,20)/t9-,10+/m0/s1. The number of imidazole rings is 1. The predicted molar refractivity (Wildman–Crippen MR) is 86.0 cm³/mol. The fourth-order valence-corrected chi connectivity index (χ4v) is 4.29. The minimum Gasteiger partial charge on any atom is -0.493 e. The maximum Gasteiger partial charge on any atom is 0.399 e. The maximum absolute atomic E-state index is 14.5. The molecule has 0 radical (unpaired) electrons. The molecule has 2 atom stereocenters. The van der Waals surface area contributed by atoms with Gasteiger partial charge in [-0.3, -0.25) is 13.9 Å². The van der Waals surface area contributed by atoms with Crippen LogP contribution in [0.2, 0.25) is 0 Å². The second-order valence-electron chi connectivity index (χ2n) is 5.68. The predicted octanol–water partition coefficient (Wildman–Crippen LogP) is 2.61. The number of alkyl halides is 2. The highest BCUT2D eigenvalue weighted by Gasteiger charge is 2.55. The van der Waals surface area contributed by atoms with E-state index in [1.54, 1.807) is 0 Å². The third-order valence-electron chi connectivity index (χ3n) is 3.87. The number of nitrogens with two attached hydrogens (primary N) is 1. The van der Waals surface area contributed by atoms with Crippen molar-refractivity contribution in [3.63, 3.8) is 0 Å². The molecule has 0 spiro atoms. The molecule has 12 heteroatoms. The van der Waals surface area contributed by atoms with Crippen molar-refractivity contribution in [2.24, 2.45) is 5.73 Å². The molecule has 0 aliphatic carbocycles. The summed E-state index contributed by atoms with van der Waals surface area (Å²) >= 11 is 0. The molecule has 26 heavy (non-hydrogen) atoms. The van der Waals surface area contributed by atoms with E-state index < -0.39 is 43.8 Å². The van der Waals surface area contributed by atoms with Crippen molar-refractivity contribution in [1.29, 1.82) is 0 Å². The molecule has 148 valence electrons. The van der Waals surface area contributed by atoms with Gasteiger partial charge in [-0.25, -0.2) is 4.98 Å². The molecular formula is C14H22F2N3O6P. The first-order valence-electron chi connectivity index (χ1n) is 8.13. The Balaban J connectivity index is 2.08. The van der Waals surface area contributed by atoms with E-state index >= 15 is 0 Å². The van der Waals surface area contributed by atoms with E-state index in [0.29, 0.717) is 0 Å². The monoisotopic (exact) mass is 397 g/mol. The normalized spacial score (nSPS) is 21.2. The average molecular weight is 397 g/mol. The molecule has 1 saturated heterocycles. The summed E-state index contributed by atoms with van der Waals surface area (Å²) in [6.45, 7) is 2.53. The molecule has 9 nitrogen and oxygen atoms in total. The Morgan fingerprint density at radius 3 is 2.58 bits per heavy atom. The zero-order valence-corrected chi connectivity index (χ0v) is 15.3. The lowest BCUT2D eigenvalue weighted by molar-refractivity contribution is -0.0524. The van der Waals surface area contributed by atoms with Gasteiger partial charge in [-0.2, -0.15) is 8.78 Å². The molecule has 1 fully saturated rings. The minimum atomic E-state index is -4.63. The van der Waals surface area contributed by atoms with Gasteiger partial charge in [0.25, 0.3) is 5.91 Å². The molecule has 2 heterocycles. The summed E-state index contributed by atoms with van der Waals surface area (Å²) in [7, 11) is -4.63. The summed E-state index contributed by atoms with van der Waals surface area (Å²) < 4.78 is 57.4. The van der Waals surface area contributed by atoms with Gasteiger partial charge in [0, 0.05) is 6.42 Å². The van der Waals surface area contributed by atoms with Crippen LogP contribution in [0.25, 0.3) is 0 Å². The van der Waals surface area contributed by atoms with Crippen LogP contribution in [0.15, 0.2) is 6.33 Å². The van der Waals surface area contributed by atoms with E-state index in [1.165, 1.54) is 13.8 Å². The van der Waals surface area contributed by atoms with Gasteiger partial charge >= 0.3 is 13.3 Å². The number of hydrogen-bond donors (Lipinski definition) is 2. The van der Waals surface area contributed by atoms with Gasteiger partial charge < -0.3 is 24.6 Å². The Hall–Kier alpha value is -1.55. The molecule has 0 unspecified atom stereocenters. The summed E-state index contributed by atoms with van der Waals surface area (Å²) in [4.78, 5) is 14.8. The van der Waals surface area contributed by atoms with Crippen LogP contribution in [0.1, 0.15) is 49.8 Å². The zero-order chi connectivity index (χ0) is 19.5. The number of aromatic nitrogens is 2. The minimum absolute atomic E-state index is 0.181. The van der Waals surface area contributed by atoms with Crippen LogP contribution in [0.3, 0.4) is 0 Å². The van der Waals surface area contributed by atoms with Gasteiger partial charge in [-0.15, -0.1) is 0 Å². The first kappa shape index (κ1) is 20.8. The quantitative estimate of drug-likeness (QED) is 0.614. The van der Waals surface area contributed by atoms with Crippen LogP contribution in [0.4, 0.5) is 8.78 Å². The van der Waals surface area contributed by atoms with Crippen molar-refractivity contribution in [3.05, 3.63) is 12.0 Å². The van der Waals surface area contributed by atoms with Crippen LogP contribution in [0.5, 0.6) is 5.88 Å². The summed E-state index contributed by atoms with van der Waals surface area (Å²) in [5.41, 5.74) is 1.01. The van der Waals surface area contributed by atoms with Crippen LogP contribution in [-0.2, 0) is 18.3 Å². The average Bonchev–Trinajstić information content (AvgIpc) is 3.13. The zero-order valence-electron chi connectivity index (χ0n) is 14.4. The largest absolute Gasteiger partial charge is 0.493 e. The highest BCUT2D eigenvalue weighted by molar-refractivity contribution is 7.55. The molecule has 1 amide bonds. The van der Waals surface area contributed by atoms with Crippen molar-refractivity contribution < 1.29 is 37.0 Å². The summed E-state index contributed by atoms with van der Waals surface area (Å²) in [5, 5.41) is 9.93. The van der Waals surface area contributed by atoms with E-state index in [0.717, 1.165) is 10.9 Å². The topological polar surface area (TPSA) is 126 Å². The fourth-order valence-electron chi connectivity index (χ4n) is 2.73. The molecule has 1 aliphatic rings. The number of halogens is 2. The van der Waals surface area contributed by atoms with Crippen LogP contribution in [0, 0.1) is 0 Å². The highest BCUT2D eigenvalue weighted by atomic mass is 31.2. The molecule has 0 aromatic carbocycles. The van der Waals surface area contributed by atoms with E-state index in [4.69, 9.17) is 19.5 Å². The van der Waals surface area contributed by atoms with Crippen molar-refractivity contribution in [1.82, 2.24) is 9.55 Å². The Morgan fingerprint density at radius 1 is 1.46 bits per heavy atom. The number of primary amides is 1. The number of aromatic hydroxyl groups is 1. The molecule has 1 aliphatic heterocycles. The Kier molecular flexibility index (Phi) is 6.38. The first-order valence-corrected chi connectivity index (χ1v) is 9.67. The number of nitrogens with zero attached hydrogens (tertiary/aromatic N) is 2. The van der Waals surface area contributed by atoms with Crippen LogP contribution >= 0.6 is 7.60 Å². The number of carbonyl (C=O) groups is 1. The van der Waals surface area contributed by atoms with Gasteiger partial charge in [0.05, 0.1) is 19.3 Å². The van der Waals surface area contributed by atoms with Crippen molar-refractivity contribution in [2.75, 3.05) is 13.2 Å². The highest BCUT2D eigenvalue weighted by Crippen LogP contribution is 2.64. The van der Waals surface area contributed by atoms with Gasteiger partial charge in [-0.1, -0.05) is 0 Å². The summed E-state index contributed by atoms with van der Waals surface area (Å²) in [5.74, 6) is -1.42. The van der Waals surface area contributed by atoms with E-state index in [-0.39, 0.29) is 31.7 Å². The lowest BCUT2D eigenvalue weighted by atomic mass is 10.2. The second-order valence-corrected chi connectivity index (χ2v) is 7.85. The number of rotatable bonds is 9. The van der Waals surface area contributed by atoms with Crippen LogP contribution < -0.4 is 5.73 Å². The number of ether oxygens (including phenoxy) is 1. The molecular weight excluding hydrogens is 375 g/mol. The first-order chi connectivity index (χ1) is 12.1. The fraction of sp³-hybridized carbons (Fsp3) is 0.714. The van der Waals surface area contributed by atoms with Gasteiger partial charge in [-0.05, 0) is 26.7 Å². The molecule has 1 aromatic rings. The van der Waals surface area contributed by atoms with E-state index in [9.17, 15) is 23.2 Å². The van der Waals surface area contributed by atoms with E-state index in [2.05, 4.69) is 4.98 Å². The maximum atomic E-state index is 14.5. The van der Waals surface area contributed by atoms with Gasteiger partial charge in [0.2, 0.25) is 5.88 Å². The SMILES string of the molecule is CCOP(=O)(OCC)C(F)(F)C[C@@H]1CC[C@H](n2cnc(C(N)=O)c2O)O1. The smallest absolute Gasteiger partial charge is 0.399 e. The summed E-state index contributed by atoms with van der Waals surface area (Å²) in [6, 6.07) is 0. The molecule has 2 rings (SSSR count). The molecule has 0 bridgehead atoms. The molecule has 0 saturated carbocycles. The van der Waals surface area contributed by atoms with Crippen molar-refractivity contribution >= 4 is 13.5 Å². The lowest BCUT2D eigenvalue weighted by Gasteiger charge is -2.27. The third kappa shape index (κ3) is 4.06. The number of carbonyl (C=O) groups excluding carboxylic acids is 1. The van der Waals surface area contributed by atoms with Gasteiger partial charge in [0.15, 0.2) is 5.69 Å². The Morgan fingerprint density at radius 2 is 2.08 bits per heavy atom. The molecule has 3 N–H and O–H groups in total.